The summed E-state index contributed by atoms with van der Waals surface area (Å²) in [5, 5.41) is 0. The van der Waals surface area contributed by atoms with E-state index in [2.05, 4.69) is 6.92 Å². The molecule has 1 atom stereocenters. The monoisotopic (exact) mass is 303 g/mol. The first kappa shape index (κ1) is 15.7. The molecule has 112 valence electrons. The van der Waals surface area contributed by atoms with Gasteiger partial charge < -0.3 is 10.5 Å². The Labute approximate surface area is 128 Å². The summed E-state index contributed by atoms with van der Waals surface area (Å²) in [6.07, 6.45) is 0. The fraction of sp³-hybridized carbons (Fsp3) is 0.294. The van der Waals surface area contributed by atoms with E-state index in [-0.39, 0.29) is 0 Å². The third-order valence-corrected chi connectivity index (χ3v) is 4.78. The molecule has 2 aromatic carbocycles. The Morgan fingerprint density at radius 1 is 1.10 bits per heavy atom. The second-order valence-electron chi connectivity index (χ2n) is 4.96. The van der Waals surface area contributed by atoms with Crippen LogP contribution in [0.25, 0.3) is 0 Å². The minimum absolute atomic E-state index is 0.413. The Morgan fingerprint density at radius 2 is 1.86 bits per heavy atom. The van der Waals surface area contributed by atoms with Crippen LogP contribution in [-0.2, 0) is 17.3 Å². The summed E-state index contributed by atoms with van der Waals surface area (Å²) < 4.78 is 18.0. The lowest BCUT2D eigenvalue weighted by molar-refractivity contribution is 0.339. The molecule has 0 saturated heterocycles. The third-order valence-electron chi connectivity index (χ3n) is 3.46. The summed E-state index contributed by atoms with van der Waals surface area (Å²) in [5.41, 5.74) is 9.01. The van der Waals surface area contributed by atoms with Crippen LogP contribution >= 0.6 is 0 Å². The van der Waals surface area contributed by atoms with Gasteiger partial charge in [0.1, 0.15) is 12.4 Å². The summed E-state index contributed by atoms with van der Waals surface area (Å²) in [7, 11) is -1.04. The first-order chi connectivity index (χ1) is 10.1. The molecule has 4 heteroatoms. The molecule has 0 aliphatic heterocycles. The Morgan fingerprint density at radius 3 is 2.57 bits per heavy atom. The van der Waals surface area contributed by atoms with Crippen LogP contribution in [0.15, 0.2) is 47.4 Å². The van der Waals surface area contributed by atoms with Gasteiger partial charge in [-0.2, -0.15) is 0 Å². The average molecular weight is 303 g/mol. The van der Waals surface area contributed by atoms with Crippen LogP contribution < -0.4 is 10.5 Å². The van der Waals surface area contributed by atoms with Crippen molar-refractivity contribution in [1.29, 1.82) is 0 Å². The number of hydrogen-bond donors (Lipinski definition) is 1. The Bertz CT molecular complexity index is 640. The predicted molar refractivity (Wildman–Crippen MR) is 87.0 cm³/mol. The Kier molecular flexibility index (Phi) is 5.53. The molecule has 2 aromatic rings. The number of ether oxygens (including phenoxy) is 1. The quantitative estimate of drug-likeness (QED) is 0.892. The number of hydrogen-bond acceptors (Lipinski definition) is 3. The fourth-order valence-electron chi connectivity index (χ4n) is 2.01. The number of rotatable bonds is 6. The lowest BCUT2D eigenvalue weighted by Gasteiger charge is -2.10. The van der Waals surface area contributed by atoms with Crippen molar-refractivity contribution in [2.75, 3.05) is 12.4 Å². The van der Waals surface area contributed by atoms with Gasteiger partial charge in [-0.15, -0.1) is 0 Å². The van der Waals surface area contributed by atoms with Crippen LogP contribution in [0.2, 0.25) is 0 Å². The van der Waals surface area contributed by atoms with Crippen LogP contribution in [0.5, 0.6) is 5.75 Å². The minimum Gasteiger partial charge on any atom is -0.492 e. The van der Waals surface area contributed by atoms with Crippen LogP contribution in [0.4, 0.5) is 0 Å². The van der Waals surface area contributed by atoms with Crippen molar-refractivity contribution < 1.29 is 8.95 Å². The molecule has 0 amide bonds. The maximum absolute atomic E-state index is 12.3. The summed E-state index contributed by atoms with van der Waals surface area (Å²) >= 11 is 0. The smallest absolute Gasteiger partial charge is 0.123 e. The summed E-state index contributed by atoms with van der Waals surface area (Å²) in [6.45, 7) is 4.94. The van der Waals surface area contributed by atoms with E-state index in [1.54, 1.807) is 0 Å². The Hall–Kier alpha value is -1.65. The SMILES string of the molecule is Cc1ccc(S(=O)CCOc2ccccc2CN)cc1C. The van der Waals surface area contributed by atoms with Crippen LogP contribution in [0, 0.1) is 13.8 Å². The summed E-state index contributed by atoms with van der Waals surface area (Å²) in [6, 6.07) is 13.6. The number of para-hydroxylation sites is 1. The van der Waals surface area contributed by atoms with E-state index in [9.17, 15) is 4.21 Å². The van der Waals surface area contributed by atoms with Crippen molar-refractivity contribution in [3.05, 3.63) is 59.2 Å². The van der Waals surface area contributed by atoms with Gasteiger partial charge in [0.05, 0.1) is 16.6 Å². The highest BCUT2D eigenvalue weighted by molar-refractivity contribution is 7.85. The molecule has 2 rings (SSSR count). The number of aryl methyl sites for hydroxylation is 2. The predicted octanol–water partition coefficient (Wildman–Crippen LogP) is 2.95. The van der Waals surface area contributed by atoms with Crippen molar-refractivity contribution in [3.8, 4) is 5.75 Å². The van der Waals surface area contributed by atoms with E-state index in [1.807, 2.05) is 49.4 Å². The van der Waals surface area contributed by atoms with E-state index in [4.69, 9.17) is 10.5 Å². The van der Waals surface area contributed by atoms with Gasteiger partial charge in [0.15, 0.2) is 0 Å². The molecule has 21 heavy (non-hydrogen) atoms. The highest BCUT2D eigenvalue weighted by atomic mass is 32.2. The average Bonchev–Trinajstić information content (AvgIpc) is 2.50. The molecule has 1 unspecified atom stereocenters. The van der Waals surface area contributed by atoms with Gasteiger partial charge in [-0.25, -0.2) is 0 Å². The maximum Gasteiger partial charge on any atom is 0.123 e. The molecule has 0 aliphatic rings. The zero-order valence-corrected chi connectivity index (χ0v) is 13.3. The van der Waals surface area contributed by atoms with E-state index in [1.165, 1.54) is 5.56 Å². The Balaban J connectivity index is 1.93. The zero-order valence-electron chi connectivity index (χ0n) is 12.5. The summed E-state index contributed by atoms with van der Waals surface area (Å²) in [4.78, 5) is 0.855. The molecule has 0 spiro atoms. The lowest BCUT2D eigenvalue weighted by Crippen LogP contribution is -2.10. The second kappa shape index (κ2) is 7.38. The molecular weight excluding hydrogens is 282 g/mol. The van der Waals surface area contributed by atoms with E-state index < -0.39 is 10.8 Å². The van der Waals surface area contributed by atoms with Crippen molar-refractivity contribution in [1.82, 2.24) is 0 Å². The fourth-order valence-corrected chi connectivity index (χ4v) is 3.01. The van der Waals surface area contributed by atoms with Crippen molar-refractivity contribution in [2.45, 2.75) is 25.3 Å². The van der Waals surface area contributed by atoms with Gasteiger partial charge in [0.2, 0.25) is 0 Å². The molecule has 0 radical (unpaired) electrons. The van der Waals surface area contributed by atoms with Crippen molar-refractivity contribution >= 4 is 10.8 Å². The molecule has 3 nitrogen and oxygen atoms in total. The topological polar surface area (TPSA) is 52.3 Å². The number of nitrogens with two attached hydrogens (primary N) is 1. The van der Waals surface area contributed by atoms with Crippen LogP contribution in [-0.4, -0.2) is 16.6 Å². The van der Waals surface area contributed by atoms with E-state index in [0.717, 1.165) is 21.8 Å². The van der Waals surface area contributed by atoms with Gasteiger partial charge in [-0.1, -0.05) is 24.3 Å². The van der Waals surface area contributed by atoms with Crippen molar-refractivity contribution in [2.24, 2.45) is 5.73 Å². The largest absolute Gasteiger partial charge is 0.492 e. The van der Waals surface area contributed by atoms with Gasteiger partial charge in [0, 0.05) is 17.0 Å². The maximum atomic E-state index is 12.3. The van der Waals surface area contributed by atoms with Gasteiger partial charge in [-0.05, 0) is 43.2 Å². The van der Waals surface area contributed by atoms with Gasteiger partial charge >= 0.3 is 0 Å². The molecule has 0 saturated carbocycles. The highest BCUT2D eigenvalue weighted by Crippen LogP contribution is 2.18. The van der Waals surface area contributed by atoms with Gasteiger partial charge in [-0.3, -0.25) is 4.21 Å². The third kappa shape index (κ3) is 4.16. The second-order valence-corrected chi connectivity index (χ2v) is 6.53. The summed E-state index contributed by atoms with van der Waals surface area (Å²) in [5.74, 6) is 1.25. The van der Waals surface area contributed by atoms with Crippen LogP contribution in [0.3, 0.4) is 0 Å². The molecule has 0 aromatic heterocycles. The molecule has 0 bridgehead atoms. The molecule has 0 aliphatic carbocycles. The first-order valence-corrected chi connectivity index (χ1v) is 8.30. The first-order valence-electron chi connectivity index (χ1n) is 6.98. The highest BCUT2D eigenvalue weighted by Gasteiger charge is 2.07. The van der Waals surface area contributed by atoms with Gasteiger partial charge in [0.25, 0.3) is 0 Å². The molecular formula is C17H21NO2S. The standard InChI is InChI=1S/C17H21NO2S/c1-13-7-8-16(11-14(13)2)21(19)10-9-20-17-6-4-3-5-15(17)12-18/h3-8,11H,9-10,12,18H2,1-2H3. The number of benzene rings is 2. The van der Waals surface area contributed by atoms with E-state index in [0.29, 0.717) is 18.9 Å². The molecule has 0 heterocycles. The van der Waals surface area contributed by atoms with Crippen molar-refractivity contribution in [3.63, 3.8) is 0 Å². The zero-order chi connectivity index (χ0) is 15.2. The normalized spacial score (nSPS) is 12.1. The lowest BCUT2D eigenvalue weighted by atomic mass is 10.1. The van der Waals surface area contributed by atoms with Crippen LogP contribution in [0.1, 0.15) is 16.7 Å². The molecule has 0 fully saturated rings. The molecule has 2 N–H and O–H groups in total. The van der Waals surface area contributed by atoms with E-state index >= 15 is 0 Å². The minimum atomic E-state index is -1.04.